The molecule has 0 amide bonds. The number of hydrogen-bond donors (Lipinski definition) is 3. The molecule has 5 aromatic rings. The van der Waals surface area contributed by atoms with Gasteiger partial charge in [0.25, 0.3) is 0 Å². The first-order valence-corrected chi connectivity index (χ1v) is 14.0. The van der Waals surface area contributed by atoms with Gasteiger partial charge in [-0.25, -0.2) is 4.79 Å². The molecule has 2 aromatic carbocycles. The summed E-state index contributed by atoms with van der Waals surface area (Å²) in [7, 11) is -4.06. The molecule has 0 radical (unpaired) electrons. The highest BCUT2D eigenvalue weighted by Crippen LogP contribution is 2.45. The molecule has 0 aliphatic rings. The van der Waals surface area contributed by atoms with E-state index in [1.165, 1.54) is 0 Å². The Kier molecular flexibility index (Phi) is 6.27. The van der Waals surface area contributed by atoms with E-state index >= 15 is 0 Å². The molecular weight excluding hydrogens is 598 g/mol. The first-order chi connectivity index (χ1) is 16.7. The van der Waals surface area contributed by atoms with Gasteiger partial charge in [-0.1, -0.05) is 35.9 Å². The Labute approximate surface area is 218 Å². The second-order valence-corrected chi connectivity index (χ2v) is 11.9. The van der Waals surface area contributed by atoms with Crippen LogP contribution in [0, 0.1) is 10.5 Å². The fraction of sp³-hybridized carbons (Fsp3) is 0.0400. The van der Waals surface area contributed by atoms with Gasteiger partial charge in [-0.2, -0.15) is 0 Å². The molecule has 5 rings (SSSR count). The Morgan fingerprint density at radius 1 is 1.09 bits per heavy atom. The maximum Gasteiger partial charge on any atom is 0.348 e. The lowest BCUT2D eigenvalue weighted by Crippen LogP contribution is -2.15. The first kappa shape index (κ1) is 23.7. The molecule has 176 valence electrons. The lowest BCUT2D eigenvalue weighted by molar-refractivity contribution is 0.0703. The monoisotopic (exact) mass is 616 g/mol. The molecule has 1 atom stereocenters. The van der Waals surface area contributed by atoms with E-state index in [9.17, 15) is 19.4 Å². The van der Waals surface area contributed by atoms with Gasteiger partial charge in [0, 0.05) is 26.3 Å². The Morgan fingerprint density at radius 2 is 1.83 bits per heavy atom. The topological polar surface area (TPSA) is 113 Å². The molecule has 0 saturated carbocycles. The van der Waals surface area contributed by atoms with Gasteiger partial charge in [-0.15, -0.1) is 11.3 Å². The van der Waals surface area contributed by atoms with E-state index in [-0.39, 0.29) is 15.9 Å². The van der Waals surface area contributed by atoms with E-state index in [1.54, 1.807) is 30.5 Å². The number of nitrogens with zero attached hydrogens (tertiary/aromatic N) is 1. The number of aromatic carboxylic acids is 1. The molecule has 0 aliphatic carbocycles. The van der Waals surface area contributed by atoms with Crippen molar-refractivity contribution in [1.82, 2.24) is 4.98 Å². The van der Waals surface area contributed by atoms with Gasteiger partial charge >= 0.3 is 13.5 Å². The highest BCUT2D eigenvalue weighted by Gasteiger charge is 2.28. The summed E-state index contributed by atoms with van der Waals surface area (Å²) in [5.74, 6) is -0.493. The third kappa shape index (κ3) is 4.77. The van der Waals surface area contributed by atoms with Crippen LogP contribution in [-0.4, -0.2) is 21.0 Å². The van der Waals surface area contributed by atoms with Crippen LogP contribution in [0.1, 0.15) is 15.2 Å². The Hall–Kier alpha value is -2.98. The normalized spacial score (nSPS) is 13.0. The van der Waals surface area contributed by atoms with Crippen molar-refractivity contribution < 1.29 is 23.8 Å². The number of thiophene rings is 1. The molecule has 0 saturated heterocycles. The van der Waals surface area contributed by atoms with Gasteiger partial charge in [0.05, 0.1) is 11.0 Å². The summed E-state index contributed by atoms with van der Waals surface area (Å²) in [5.41, 5.74) is 4.17. The quantitative estimate of drug-likeness (QED) is 0.143. The van der Waals surface area contributed by atoms with Crippen LogP contribution in [0.3, 0.4) is 0 Å². The predicted molar refractivity (Wildman–Crippen MR) is 147 cm³/mol. The van der Waals surface area contributed by atoms with Crippen molar-refractivity contribution in [2.45, 2.75) is 6.92 Å². The van der Waals surface area contributed by atoms with Crippen LogP contribution in [0.25, 0.3) is 32.9 Å². The third-order valence-corrected chi connectivity index (χ3v) is 9.45. The van der Waals surface area contributed by atoms with Crippen molar-refractivity contribution in [1.29, 1.82) is 0 Å². The van der Waals surface area contributed by atoms with Crippen LogP contribution in [-0.2, 0) is 4.57 Å². The van der Waals surface area contributed by atoms with Crippen LogP contribution in [0.15, 0.2) is 77.3 Å². The van der Waals surface area contributed by atoms with Gasteiger partial charge < -0.3 is 19.5 Å². The second-order valence-electron chi connectivity index (χ2n) is 7.88. The summed E-state index contributed by atoms with van der Waals surface area (Å²) in [6, 6.07) is 19.7. The molecule has 0 aliphatic heterocycles. The van der Waals surface area contributed by atoms with Crippen LogP contribution in [0.5, 0.6) is 0 Å². The number of hydrogen-bond acceptors (Lipinski definition) is 5. The average molecular weight is 616 g/mol. The van der Waals surface area contributed by atoms with E-state index in [1.807, 2.05) is 72.0 Å². The van der Waals surface area contributed by atoms with Crippen LogP contribution >= 0.6 is 41.4 Å². The zero-order valence-electron chi connectivity index (χ0n) is 18.2. The van der Waals surface area contributed by atoms with Gasteiger partial charge in [0.1, 0.15) is 16.2 Å². The molecule has 7 nitrogen and oxygen atoms in total. The number of furan rings is 1. The fourth-order valence-corrected chi connectivity index (χ4v) is 7.61. The highest BCUT2D eigenvalue weighted by molar-refractivity contribution is 14.1. The molecule has 10 heteroatoms. The summed E-state index contributed by atoms with van der Waals surface area (Å²) in [4.78, 5) is 27.6. The van der Waals surface area contributed by atoms with Crippen molar-refractivity contribution in [3.8, 4) is 21.8 Å². The van der Waals surface area contributed by atoms with Crippen molar-refractivity contribution in [3.63, 3.8) is 0 Å². The number of aryl methyl sites for hydroxylation is 1. The second kappa shape index (κ2) is 9.23. The first-order valence-electron chi connectivity index (χ1n) is 10.4. The van der Waals surface area contributed by atoms with Crippen molar-refractivity contribution in [3.05, 3.63) is 86.9 Å². The molecule has 1 unspecified atom stereocenters. The molecule has 3 N–H and O–H groups in total. The molecule has 0 spiro atoms. The number of fused-ring (bicyclic) bond motifs is 1. The number of carboxylic acid groups (broad SMARTS) is 1. The zero-order chi connectivity index (χ0) is 24.7. The maximum atomic E-state index is 13.1. The number of anilines is 1. The van der Waals surface area contributed by atoms with Crippen molar-refractivity contribution in [2.24, 2.45) is 0 Å². The van der Waals surface area contributed by atoms with E-state index < -0.39 is 13.5 Å². The van der Waals surface area contributed by atoms with Gasteiger partial charge in [-0.3, -0.25) is 9.55 Å². The SMILES string of the molecule is Cc1ccc(P(=O)(O)Nc2cc(-c3ccc(-c4cc5ncccc5o4)cc3)sc2C(=O)O)c(I)c1. The minimum atomic E-state index is -4.06. The van der Waals surface area contributed by atoms with Gasteiger partial charge in [-0.05, 0) is 65.4 Å². The number of carbonyl (C=O) groups is 1. The molecule has 35 heavy (non-hydrogen) atoms. The summed E-state index contributed by atoms with van der Waals surface area (Å²) < 4.78 is 19.6. The number of nitrogens with one attached hydrogen (secondary N) is 1. The van der Waals surface area contributed by atoms with E-state index in [4.69, 9.17) is 4.42 Å². The number of benzene rings is 2. The van der Waals surface area contributed by atoms with E-state index in [0.29, 0.717) is 19.8 Å². The van der Waals surface area contributed by atoms with E-state index in [2.05, 4.69) is 10.1 Å². The number of carboxylic acids is 1. The van der Waals surface area contributed by atoms with E-state index in [0.717, 1.165) is 33.5 Å². The van der Waals surface area contributed by atoms with Crippen LogP contribution in [0.4, 0.5) is 5.69 Å². The van der Waals surface area contributed by atoms with Gasteiger partial charge in [0.15, 0.2) is 5.58 Å². The Morgan fingerprint density at radius 3 is 2.51 bits per heavy atom. The highest BCUT2D eigenvalue weighted by atomic mass is 127. The largest absolute Gasteiger partial charge is 0.477 e. The minimum absolute atomic E-state index is 0.0381. The molecule has 0 fully saturated rings. The smallest absolute Gasteiger partial charge is 0.348 e. The maximum absolute atomic E-state index is 13.1. The van der Waals surface area contributed by atoms with Crippen LogP contribution in [0.2, 0.25) is 0 Å². The Bertz CT molecular complexity index is 1590. The summed E-state index contributed by atoms with van der Waals surface area (Å²) in [6.07, 6.45) is 1.71. The lowest BCUT2D eigenvalue weighted by Gasteiger charge is -2.16. The molecule has 3 heterocycles. The van der Waals surface area contributed by atoms with Crippen LogP contribution < -0.4 is 10.4 Å². The predicted octanol–water partition coefficient (Wildman–Crippen LogP) is 6.76. The summed E-state index contributed by atoms with van der Waals surface area (Å²) in [6.45, 7) is 1.89. The number of pyridine rings is 1. The molecular formula is C25H18IN2O5PS. The average Bonchev–Trinajstić information content (AvgIpc) is 3.43. The van der Waals surface area contributed by atoms with Crippen molar-refractivity contribution in [2.75, 3.05) is 5.09 Å². The number of rotatable bonds is 6. The zero-order valence-corrected chi connectivity index (χ0v) is 22.1. The molecule has 0 bridgehead atoms. The summed E-state index contributed by atoms with van der Waals surface area (Å²) in [5, 5.41) is 12.6. The number of aromatic nitrogens is 1. The minimum Gasteiger partial charge on any atom is -0.477 e. The number of halogens is 1. The summed E-state index contributed by atoms with van der Waals surface area (Å²) >= 11 is 3.04. The van der Waals surface area contributed by atoms with Crippen molar-refractivity contribution >= 4 is 69.5 Å². The fourth-order valence-electron chi connectivity index (χ4n) is 3.67. The standard InChI is InChI=1S/C25H18IN2O5PS/c1-14-4-9-22(17(26)11-14)34(31,32)28-19-13-23(35-24(19)25(29)30)16-7-5-15(6-8-16)21-12-18-20(33-21)3-2-10-27-18/h2-13H,1H3,(H,29,30)(H2,28,31,32). The third-order valence-electron chi connectivity index (χ3n) is 5.37. The molecule has 3 aromatic heterocycles. The van der Waals surface area contributed by atoms with Gasteiger partial charge in [0.2, 0.25) is 0 Å². The Balaban J connectivity index is 1.46. The lowest BCUT2D eigenvalue weighted by atomic mass is 10.1.